The minimum absolute atomic E-state index is 0.398. The summed E-state index contributed by atoms with van der Waals surface area (Å²) in [5, 5.41) is 10.5. The summed E-state index contributed by atoms with van der Waals surface area (Å²) in [5.41, 5.74) is 0. The molecule has 2 aromatic rings. The highest BCUT2D eigenvalue weighted by Gasteiger charge is 2.06. The van der Waals surface area contributed by atoms with Crippen LogP contribution in [-0.4, -0.2) is 10.1 Å². The number of halogens is 2. The molecule has 0 aliphatic rings. The van der Waals surface area contributed by atoms with Crippen LogP contribution in [0.15, 0.2) is 28.9 Å². The molecule has 0 spiro atoms. The molecule has 66 valence electrons. The predicted octanol–water partition coefficient (Wildman–Crippen LogP) is 2.84. The Balaban J connectivity index is 2.87. The summed E-state index contributed by atoms with van der Waals surface area (Å²) in [7, 11) is 0. The van der Waals surface area contributed by atoms with E-state index in [9.17, 15) is 9.50 Å². The fourth-order valence-corrected chi connectivity index (χ4v) is 1.53. The minimum Gasteiger partial charge on any atom is -0.503 e. The molecule has 0 unspecified atom stereocenters. The lowest BCUT2D eigenvalue weighted by molar-refractivity contribution is 0.425. The van der Waals surface area contributed by atoms with Gasteiger partial charge in [0.05, 0.1) is 0 Å². The van der Waals surface area contributed by atoms with E-state index in [-0.39, 0.29) is 0 Å². The molecule has 0 amide bonds. The molecule has 0 saturated carbocycles. The standard InChI is InChI=1S/C9H5BrFNO/c10-6-1-2-7-5(3-6)4-12-9(11)8(7)13/h1-4,13H. The number of benzene rings is 1. The largest absolute Gasteiger partial charge is 0.503 e. The van der Waals surface area contributed by atoms with Crippen LogP contribution < -0.4 is 0 Å². The molecule has 0 atom stereocenters. The highest BCUT2D eigenvalue weighted by atomic mass is 79.9. The summed E-state index contributed by atoms with van der Waals surface area (Å²) in [5.74, 6) is -1.24. The van der Waals surface area contributed by atoms with E-state index < -0.39 is 11.7 Å². The van der Waals surface area contributed by atoms with E-state index in [1.165, 1.54) is 6.20 Å². The average Bonchev–Trinajstić information content (AvgIpc) is 2.12. The first-order valence-corrected chi connectivity index (χ1v) is 4.40. The van der Waals surface area contributed by atoms with Crippen molar-refractivity contribution in [2.45, 2.75) is 0 Å². The van der Waals surface area contributed by atoms with Gasteiger partial charge in [-0.05, 0) is 18.2 Å². The number of hydrogen-bond donors (Lipinski definition) is 1. The van der Waals surface area contributed by atoms with Crippen molar-refractivity contribution >= 4 is 26.7 Å². The van der Waals surface area contributed by atoms with Crippen LogP contribution in [0.5, 0.6) is 5.75 Å². The number of aromatic hydroxyl groups is 1. The molecular weight excluding hydrogens is 237 g/mol. The number of pyridine rings is 1. The predicted molar refractivity (Wildman–Crippen MR) is 51.1 cm³/mol. The number of rotatable bonds is 0. The first-order valence-electron chi connectivity index (χ1n) is 3.61. The van der Waals surface area contributed by atoms with Crippen molar-refractivity contribution in [1.82, 2.24) is 4.98 Å². The Morgan fingerprint density at radius 1 is 1.38 bits per heavy atom. The third kappa shape index (κ3) is 1.37. The maximum absolute atomic E-state index is 12.8. The van der Waals surface area contributed by atoms with Crippen molar-refractivity contribution in [3.05, 3.63) is 34.8 Å². The SMILES string of the molecule is Oc1c(F)ncc2cc(Br)ccc12. The third-order valence-electron chi connectivity index (χ3n) is 1.78. The smallest absolute Gasteiger partial charge is 0.255 e. The Morgan fingerprint density at radius 2 is 2.15 bits per heavy atom. The van der Waals surface area contributed by atoms with Crippen LogP contribution in [0.1, 0.15) is 0 Å². The van der Waals surface area contributed by atoms with E-state index in [1.807, 2.05) is 0 Å². The molecule has 0 fully saturated rings. The van der Waals surface area contributed by atoms with E-state index in [2.05, 4.69) is 20.9 Å². The molecule has 0 saturated heterocycles. The summed E-state index contributed by atoms with van der Waals surface area (Å²) < 4.78 is 13.6. The maximum Gasteiger partial charge on any atom is 0.255 e. The van der Waals surface area contributed by atoms with Gasteiger partial charge in [0.2, 0.25) is 0 Å². The first-order chi connectivity index (χ1) is 6.18. The number of fused-ring (bicyclic) bond motifs is 1. The molecular formula is C9H5BrFNO. The topological polar surface area (TPSA) is 33.1 Å². The molecule has 2 rings (SSSR count). The number of hydrogen-bond acceptors (Lipinski definition) is 2. The van der Waals surface area contributed by atoms with Gasteiger partial charge in [0, 0.05) is 21.4 Å². The van der Waals surface area contributed by atoms with Crippen LogP contribution in [0.25, 0.3) is 10.8 Å². The van der Waals surface area contributed by atoms with E-state index in [0.29, 0.717) is 10.8 Å². The van der Waals surface area contributed by atoms with Gasteiger partial charge in [-0.2, -0.15) is 4.39 Å². The number of aromatic nitrogens is 1. The lowest BCUT2D eigenvalue weighted by atomic mass is 10.2. The molecule has 1 aromatic carbocycles. The molecule has 13 heavy (non-hydrogen) atoms. The molecule has 1 aromatic heterocycles. The lowest BCUT2D eigenvalue weighted by Crippen LogP contribution is -1.84. The van der Waals surface area contributed by atoms with Gasteiger partial charge in [0.25, 0.3) is 5.95 Å². The van der Waals surface area contributed by atoms with Crippen LogP contribution in [-0.2, 0) is 0 Å². The van der Waals surface area contributed by atoms with Crippen LogP contribution in [0.4, 0.5) is 4.39 Å². The van der Waals surface area contributed by atoms with Gasteiger partial charge >= 0.3 is 0 Å². The fourth-order valence-electron chi connectivity index (χ4n) is 1.15. The molecule has 1 N–H and O–H groups in total. The summed E-state index contributed by atoms with van der Waals surface area (Å²) in [6.45, 7) is 0. The highest BCUT2D eigenvalue weighted by molar-refractivity contribution is 9.10. The van der Waals surface area contributed by atoms with Gasteiger partial charge in [-0.25, -0.2) is 4.98 Å². The molecule has 0 aliphatic carbocycles. The second kappa shape index (κ2) is 2.96. The summed E-state index contributed by atoms with van der Waals surface area (Å²) in [4.78, 5) is 3.41. The van der Waals surface area contributed by atoms with Gasteiger partial charge in [-0.3, -0.25) is 0 Å². The Hall–Kier alpha value is -1.16. The zero-order valence-electron chi connectivity index (χ0n) is 6.46. The molecule has 0 aliphatic heterocycles. The summed E-state index contributed by atoms with van der Waals surface area (Å²) >= 11 is 3.27. The van der Waals surface area contributed by atoms with Gasteiger partial charge in [-0.1, -0.05) is 15.9 Å². The van der Waals surface area contributed by atoms with Crippen LogP contribution in [0.2, 0.25) is 0 Å². The molecule has 0 bridgehead atoms. The van der Waals surface area contributed by atoms with Crippen molar-refractivity contribution in [3.63, 3.8) is 0 Å². The van der Waals surface area contributed by atoms with Crippen LogP contribution in [0, 0.1) is 5.95 Å². The van der Waals surface area contributed by atoms with E-state index in [4.69, 9.17) is 0 Å². The monoisotopic (exact) mass is 241 g/mol. The highest BCUT2D eigenvalue weighted by Crippen LogP contribution is 2.27. The van der Waals surface area contributed by atoms with Crippen molar-refractivity contribution in [2.75, 3.05) is 0 Å². The average molecular weight is 242 g/mol. The van der Waals surface area contributed by atoms with Gasteiger partial charge in [0.1, 0.15) is 0 Å². The Bertz CT molecular complexity index is 472. The number of nitrogens with zero attached hydrogens (tertiary/aromatic N) is 1. The Labute approximate surface area is 82.2 Å². The Kier molecular flexibility index (Phi) is 1.92. The Morgan fingerprint density at radius 3 is 2.92 bits per heavy atom. The van der Waals surface area contributed by atoms with Gasteiger partial charge in [-0.15, -0.1) is 0 Å². The minimum atomic E-state index is -0.838. The summed E-state index contributed by atoms with van der Waals surface area (Å²) in [6.07, 6.45) is 1.38. The molecule has 2 nitrogen and oxygen atoms in total. The summed E-state index contributed by atoms with van der Waals surface area (Å²) in [6, 6.07) is 5.14. The van der Waals surface area contributed by atoms with Gasteiger partial charge in [0.15, 0.2) is 5.75 Å². The molecule has 0 radical (unpaired) electrons. The van der Waals surface area contributed by atoms with E-state index >= 15 is 0 Å². The zero-order valence-corrected chi connectivity index (χ0v) is 8.05. The normalized spacial score (nSPS) is 10.6. The van der Waals surface area contributed by atoms with Crippen LogP contribution >= 0.6 is 15.9 Å². The lowest BCUT2D eigenvalue weighted by Gasteiger charge is -2.00. The van der Waals surface area contributed by atoms with Crippen molar-refractivity contribution in [1.29, 1.82) is 0 Å². The van der Waals surface area contributed by atoms with Crippen molar-refractivity contribution < 1.29 is 9.50 Å². The first kappa shape index (κ1) is 8.44. The van der Waals surface area contributed by atoms with Gasteiger partial charge < -0.3 is 5.11 Å². The second-order valence-corrected chi connectivity index (χ2v) is 3.54. The second-order valence-electron chi connectivity index (χ2n) is 2.63. The quantitative estimate of drug-likeness (QED) is 0.720. The molecule has 1 heterocycles. The zero-order chi connectivity index (χ0) is 9.42. The van der Waals surface area contributed by atoms with Crippen LogP contribution in [0.3, 0.4) is 0 Å². The maximum atomic E-state index is 12.8. The van der Waals surface area contributed by atoms with E-state index in [0.717, 1.165) is 4.47 Å². The van der Waals surface area contributed by atoms with Crippen molar-refractivity contribution in [2.24, 2.45) is 0 Å². The van der Waals surface area contributed by atoms with Crippen molar-refractivity contribution in [3.8, 4) is 5.75 Å². The molecule has 4 heteroatoms. The fraction of sp³-hybridized carbons (Fsp3) is 0. The van der Waals surface area contributed by atoms with E-state index in [1.54, 1.807) is 18.2 Å². The third-order valence-corrected chi connectivity index (χ3v) is 2.27.